The molecule has 1 aromatic rings. The van der Waals surface area contributed by atoms with Crippen molar-refractivity contribution in [1.29, 1.82) is 0 Å². The summed E-state index contributed by atoms with van der Waals surface area (Å²) in [7, 11) is -3.09. The molecule has 0 spiro atoms. The van der Waals surface area contributed by atoms with Crippen molar-refractivity contribution in [1.82, 2.24) is 9.62 Å². The molecule has 2 fully saturated rings. The van der Waals surface area contributed by atoms with E-state index in [0.29, 0.717) is 6.10 Å². The predicted octanol–water partition coefficient (Wildman–Crippen LogP) is 2.50. The molecule has 3 rings (SSSR count). The number of nitrogens with one attached hydrogen (secondary N) is 1. The molecule has 0 amide bonds. The Hall–Kier alpha value is -0.470. The van der Waals surface area contributed by atoms with Gasteiger partial charge in [0.25, 0.3) is 0 Å². The monoisotopic (exact) mass is 358 g/mol. The molecule has 5 nitrogen and oxygen atoms in total. The van der Waals surface area contributed by atoms with Gasteiger partial charge in [-0.2, -0.15) is 0 Å². The van der Waals surface area contributed by atoms with Crippen molar-refractivity contribution < 1.29 is 13.2 Å². The summed E-state index contributed by atoms with van der Waals surface area (Å²) in [5, 5.41) is 0. The molecule has 2 aliphatic heterocycles. The molecule has 130 valence electrons. The van der Waals surface area contributed by atoms with Crippen molar-refractivity contribution in [3.63, 3.8) is 0 Å². The first-order valence-electron chi connectivity index (χ1n) is 8.39. The number of piperidine rings is 1. The number of ether oxygens (including phenoxy) is 1. The van der Waals surface area contributed by atoms with Crippen molar-refractivity contribution in [2.24, 2.45) is 0 Å². The van der Waals surface area contributed by atoms with Crippen LogP contribution in [0.3, 0.4) is 0 Å². The van der Waals surface area contributed by atoms with Gasteiger partial charge in [0, 0.05) is 42.0 Å². The molecule has 0 saturated carbocycles. The highest BCUT2D eigenvalue weighted by atomic mass is 32.2. The minimum atomic E-state index is -3.09. The standard InChI is InChI=1S/C16H26N2O3S2/c1-23(19,20)17-13-7-9-18(10-8-13)12-14-5-6-16(22-14)15-4-2-3-11-21-15/h5-6,13,15,17H,2-4,7-12H2,1H3. The van der Waals surface area contributed by atoms with Crippen LogP contribution in [0, 0.1) is 0 Å². The van der Waals surface area contributed by atoms with Gasteiger partial charge in [-0.05, 0) is 44.2 Å². The van der Waals surface area contributed by atoms with E-state index < -0.39 is 10.0 Å². The van der Waals surface area contributed by atoms with Crippen LogP contribution in [-0.4, -0.2) is 45.3 Å². The summed E-state index contributed by atoms with van der Waals surface area (Å²) in [6, 6.07) is 4.53. The summed E-state index contributed by atoms with van der Waals surface area (Å²) in [6.45, 7) is 3.74. The fourth-order valence-electron chi connectivity index (χ4n) is 3.35. The zero-order valence-corrected chi connectivity index (χ0v) is 15.3. The number of hydrogen-bond acceptors (Lipinski definition) is 5. The summed E-state index contributed by atoms with van der Waals surface area (Å²) < 4.78 is 31.2. The molecule has 1 aromatic heterocycles. The van der Waals surface area contributed by atoms with Crippen LogP contribution in [0.15, 0.2) is 12.1 Å². The van der Waals surface area contributed by atoms with Crippen LogP contribution in [0.2, 0.25) is 0 Å². The second-order valence-electron chi connectivity index (χ2n) is 6.60. The topological polar surface area (TPSA) is 58.6 Å². The lowest BCUT2D eigenvalue weighted by Crippen LogP contribution is -2.43. The molecule has 1 unspecified atom stereocenters. The highest BCUT2D eigenvalue weighted by Gasteiger charge is 2.23. The minimum absolute atomic E-state index is 0.0933. The zero-order valence-electron chi connectivity index (χ0n) is 13.7. The Bertz CT molecular complexity index is 601. The van der Waals surface area contributed by atoms with Gasteiger partial charge in [0.05, 0.1) is 12.4 Å². The van der Waals surface area contributed by atoms with Gasteiger partial charge >= 0.3 is 0 Å². The summed E-state index contributed by atoms with van der Waals surface area (Å²) in [6.07, 6.45) is 6.90. The van der Waals surface area contributed by atoms with Crippen LogP contribution >= 0.6 is 11.3 Å². The Morgan fingerprint density at radius 1 is 1.26 bits per heavy atom. The summed E-state index contributed by atoms with van der Waals surface area (Å²) in [5.74, 6) is 0. The van der Waals surface area contributed by atoms with E-state index in [1.54, 1.807) is 0 Å². The molecular weight excluding hydrogens is 332 g/mol. The van der Waals surface area contributed by atoms with Crippen molar-refractivity contribution in [2.45, 2.75) is 50.8 Å². The van der Waals surface area contributed by atoms with Gasteiger partial charge in [0.2, 0.25) is 10.0 Å². The second-order valence-corrected chi connectivity index (χ2v) is 9.58. The van der Waals surface area contributed by atoms with E-state index >= 15 is 0 Å². The van der Waals surface area contributed by atoms with Gasteiger partial charge < -0.3 is 4.74 Å². The van der Waals surface area contributed by atoms with E-state index in [1.165, 1.54) is 28.9 Å². The normalized spacial score (nSPS) is 24.8. The number of hydrogen-bond donors (Lipinski definition) is 1. The van der Waals surface area contributed by atoms with E-state index in [4.69, 9.17) is 4.74 Å². The Balaban J connectivity index is 1.48. The maximum atomic E-state index is 11.3. The lowest BCUT2D eigenvalue weighted by molar-refractivity contribution is 0.0172. The first-order valence-corrected chi connectivity index (χ1v) is 11.1. The first kappa shape index (κ1) is 17.4. The number of rotatable bonds is 5. The molecule has 0 bridgehead atoms. The molecule has 7 heteroatoms. The van der Waals surface area contributed by atoms with Crippen molar-refractivity contribution in [3.8, 4) is 0 Å². The van der Waals surface area contributed by atoms with Crippen LogP contribution in [0.1, 0.15) is 48.0 Å². The second kappa shape index (κ2) is 7.61. The summed E-state index contributed by atoms with van der Waals surface area (Å²) in [5.41, 5.74) is 0. The van der Waals surface area contributed by atoms with E-state index in [2.05, 4.69) is 21.8 Å². The minimum Gasteiger partial charge on any atom is -0.373 e. The lowest BCUT2D eigenvalue weighted by atomic mass is 10.1. The van der Waals surface area contributed by atoms with E-state index in [9.17, 15) is 8.42 Å². The number of likely N-dealkylation sites (tertiary alicyclic amines) is 1. The Labute approximate surface area is 143 Å². The quantitative estimate of drug-likeness (QED) is 0.879. The predicted molar refractivity (Wildman–Crippen MR) is 93.1 cm³/mol. The number of sulfonamides is 1. The maximum absolute atomic E-state index is 11.3. The third-order valence-electron chi connectivity index (χ3n) is 4.53. The van der Waals surface area contributed by atoms with Crippen LogP contribution in [0.25, 0.3) is 0 Å². The molecule has 0 aromatic carbocycles. The van der Waals surface area contributed by atoms with Gasteiger partial charge in [-0.15, -0.1) is 11.3 Å². The van der Waals surface area contributed by atoms with Gasteiger partial charge in [0.1, 0.15) is 0 Å². The summed E-state index contributed by atoms with van der Waals surface area (Å²) in [4.78, 5) is 5.15. The number of nitrogens with zero attached hydrogens (tertiary/aromatic N) is 1. The van der Waals surface area contributed by atoms with Gasteiger partial charge in [-0.3, -0.25) is 4.90 Å². The molecule has 1 N–H and O–H groups in total. The smallest absolute Gasteiger partial charge is 0.208 e. The molecular formula is C16H26N2O3S2. The zero-order chi connectivity index (χ0) is 16.3. The SMILES string of the molecule is CS(=O)(=O)NC1CCN(Cc2ccc(C3CCCCO3)s2)CC1. The first-order chi connectivity index (χ1) is 11.0. The van der Waals surface area contributed by atoms with E-state index in [1.807, 2.05) is 11.3 Å². The molecule has 2 saturated heterocycles. The Morgan fingerprint density at radius 2 is 2.04 bits per heavy atom. The molecule has 23 heavy (non-hydrogen) atoms. The Morgan fingerprint density at radius 3 is 2.70 bits per heavy atom. The maximum Gasteiger partial charge on any atom is 0.208 e. The Kier molecular flexibility index (Phi) is 5.74. The van der Waals surface area contributed by atoms with E-state index in [0.717, 1.165) is 45.5 Å². The van der Waals surface area contributed by atoms with E-state index in [-0.39, 0.29) is 6.04 Å². The van der Waals surface area contributed by atoms with Crippen LogP contribution in [0.4, 0.5) is 0 Å². The average molecular weight is 359 g/mol. The van der Waals surface area contributed by atoms with Crippen LogP contribution < -0.4 is 4.72 Å². The molecule has 2 aliphatic rings. The number of thiophene rings is 1. The molecule has 3 heterocycles. The summed E-state index contributed by atoms with van der Waals surface area (Å²) >= 11 is 1.87. The van der Waals surface area contributed by atoms with Crippen molar-refractivity contribution in [2.75, 3.05) is 26.0 Å². The van der Waals surface area contributed by atoms with Gasteiger partial charge in [-0.25, -0.2) is 13.1 Å². The van der Waals surface area contributed by atoms with Crippen LogP contribution in [-0.2, 0) is 21.3 Å². The lowest BCUT2D eigenvalue weighted by Gasteiger charge is -2.31. The van der Waals surface area contributed by atoms with Crippen molar-refractivity contribution in [3.05, 3.63) is 21.9 Å². The van der Waals surface area contributed by atoms with Crippen LogP contribution in [0.5, 0.6) is 0 Å². The highest BCUT2D eigenvalue weighted by molar-refractivity contribution is 7.88. The molecule has 0 radical (unpaired) electrons. The van der Waals surface area contributed by atoms with Crippen molar-refractivity contribution >= 4 is 21.4 Å². The largest absolute Gasteiger partial charge is 0.373 e. The van der Waals surface area contributed by atoms with Gasteiger partial charge in [-0.1, -0.05) is 0 Å². The molecule has 1 atom stereocenters. The third-order valence-corrected chi connectivity index (χ3v) is 6.45. The third kappa shape index (κ3) is 5.26. The fraction of sp³-hybridized carbons (Fsp3) is 0.750. The molecule has 0 aliphatic carbocycles. The highest BCUT2D eigenvalue weighted by Crippen LogP contribution is 2.33. The van der Waals surface area contributed by atoms with Gasteiger partial charge in [0.15, 0.2) is 0 Å². The fourth-order valence-corrected chi connectivity index (χ4v) is 5.33. The average Bonchev–Trinajstić information content (AvgIpc) is 2.97.